The Balaban J connectivity index is 1.85. The number of hydrogen-bond donors (Lipinski definition) is 0. The lowest BCUT2D eigenvalue weighted by atomic mass is 10.1. The minimum Gasteiger partial charge on any atom is -0.496 e. The van der Waals surface area contributed by atoms with Crippen LogP contribution in [0.4, 0.5) is 0 Å². The van der Waals surface area contributed by atoms with Gasteiger partial charge in [0.05, 0.1) is 19.0 Å². The molecule has 3 rings (SSSR count). The summed E-state index contributed by atoms with van der Waals surface area (Å²) in [4.78, 5) is 14.6. The fraction of sp³-hybridized carbons (Fsp3) is 0.350. The minimum absolute atomic E-state index is 0.0368. The van der Waals surface area contributed by atoms with Gasteiger partial charge in [0.25, 0.3) is 0 Å². The summed E-state index contributed by atoms with van der Waals surface area (Å²) < 4.78 is 11.0. The first-order chi connectivity index (χ1) is 12.1. The van der Waals surface area contributed by atoms with Gasteiger partial charge in [-0.2, -0.15) is 0 Å². The Morgan fingerprint density at radius 1 is 1.12 bits per heavy atom. The zero-order valence-corrected chi connectivity index (χ0v) is 15.6. The van der Waals surface area contributed by atoms with E-state index in [9.17, 15) is 4.79 Å². The van der Waals surface area contributed by atoms with Gasteiger partial charge in [-0.1, -0.05) is 30.3 Å². The molecule has 0 N–H and O–H groups in total. The van der Waals surface area contributed by atoms with Gasteiger partial charge >= 0.3 is 0 Å². The third kappa shape index (κ3) is 3.76. The van der Waals surface area contributed by atoms with Gasteiger partial charge < -0.3 is 14.4 Å². The van der Waals surface area contributed by atoms with E-state index in [4.69, 9.17) is 9.47 Å². The van der Waals surface area contributed by atoms with E-state index in [1.807, 2.05) is 67.3 Å². The molecule has 25 heavy (non-hydrogen) atoms. The van der Waals surface area contributed by atoms with Crippen LogP contribution in [0.25, 0.3) is 0 Å². The lowest BCUT2D eigenvalue weighted by Crippen LogP contribution is -2.30. The van der Waals surface area contributed by atoms with Gasteiger partial charge in [-0.05, 0) is 37.6 Å². The summed E-state index contributed by atoms with van der Waals surface area (Å²) in [7, 11) is 1.67. The first kappa shape index (κ1) is 17.7. The normalized spacial score (nSPS) is 20.0. The maximum absolute atomic E-state index is 12.7. The van der Waals surface area contributed by atoms with Crippen molar-refractivity contribution in [2.24, 2.45) is 0 Å². The van der Waals surface area contributed by atoms with Crippen molar-refractivity contribution < 1.29 is 14.3 Å². The number of methoxy groups -OCH3 is 1. The van der Waals surface area contributed by atoms with E-state index in [-0.39, 0.29) is 16.5 Å². The van der Waals surface area contributed by atoms with Crippen molar-refractivity contribution >= 4 is 17.7 Å². The highest BCUT2D eigenvalue weighted by Gasteiger charge is 2.39. The standard InChI is InChI=1S/C20H23NO3S/c1-4-24-16-11-9-15(10-12-16)13-21-19(22)14(2)25-20(21)17-7-5-6-8-18(17)23-3/h5-12,14,20H,4,13H2,1-3H3. The van der Waals surface area contributed by atoms with Gasteiger partial charge in [0, 0.05) is 12.1 Å². The third-order valence-electron chi connectivity index (χ3n) is 4.24. The second kappa shape index (κ2) is 7.83. The highest BCUT2D eigenvalue weighted by atomic mass is 32.2. The highest BCUT2D eigenvalue weighted by molar-refractivity contribution is 8.01. The van der Waals surface area contributed by atoms with Gasteiger partial charge in [-0.15, -0.1) is 11.8 Å². The first-order valence-corrected chi connectivity index (χ1v) is 9.39. The van der Waals surface area contributed by atoms with E-state index >= 15 is 0 Å². The molecule has 0 radical (unpaired) electrons. The SMILES string of the molecule is CCOc1ccc(CN2C(=O)C(C)SC2c2ccccc2OC)cc1. The second-order valence-electron chi connectivity index (χ2n) is 5.92. The largest absolute Gasteiger partial charge is 0.496 e. The Kier molecular flexibility index (Phi) is 5.53. The number of amides is 1. The van der Waals surface area contributed by atoms with Crippen LogP contribution in [0.3, 0.4) is 0 Å². The number of rotatable bonds is 6. The third-order valence-corrected chi connectivity index (χ3v) is 5.62. The van der Waals surface area contributed by atoms with Gasteiger partial charge in [0.1, 0.15) is 16.9 Å². The van der Waals surface area contributed by atoms with E-state index in [1.165, 1.54) is 0 Å². The number of hydrogen-bond acceptors (Lipinski definition) is 4. The monoisotopic (exact) mass is 357 g/mol. The van der Waals surface area contributed by atoms with Gasteiger partial charge in [-0.25, -0.2) is 0 Å². The number of para-hydroxylation sites is 1. The van der Waals surface area contributed by atoms with E-state index in [0.717, 1.165) is 22.6 Å². The summed E-state index contributed by atoms with van der Waals surface area (Å²) in [6.45, 7) is 5.15. The van der Waals surface area contributed by atoms with Crippen molar-refractivity contribution in [2.75, 3.05) is 13.7 Å². The zero-order chi connectivity index (χ0) is 17.8. The van der Waals surface area contributed by atoms with Crippen LogP contribution in [0.2, 0.25) is 0 Å². The van der Waals surface area contributed by atoms with Crippen LogP contribution in [-0.2, 0) is 11.3 Å². The Labute approximate surface area is 153 Å². The van der Waals surface area contributed by atoms with Crippen LogP contribution in [0.15, 0.2) is 48.5 Å². The molecule has 1 aliphatic rings. The number of carbonyl (C=O) groups is 1. The second-order valence-corrected chi connectivity index (χ2v) is 7.34. The van der Waals surface area contributed by atoms with Crippen LogP contribution in [0.1, 0.15) is 30.3 Å². The van der Waals surface area contributed by atoms with Crippen LogP contribution < -0.4 is 9.47 Å². The molecule has 0 aromatic heterocycles. The number of carbonyl (C=O) groups excluding carboxylic acids is 1. The van der Waals surface area contributed by atoms with E-state index in [1.54, 1.807) is 18.9 Å². The molecular formula is C20H23NO3S. The van der Waals surface area contributed by atoms with Crippen molar-refractivity contribution in [3.63, 3.8) is 0 Å². The Morgan fingerprint density at radius 2 is 1.84 bits per heavy atom. The molecule has 132 valence electrons. The molecule has 0 bridgehead atoms. The molecule has 4 nitrogen and oxygen atoms in total. The number of benzene rings is 2. The smallest absolute Gasteiger partial charge is 0.236 e. The molecule has 2 aromatic rings. The van der Waals surface area contributed by atoms with Crippen molar-refractivity contribution in [1.29, 1.82) is 0 Å². The predicted octanol–water partition coefficient (Wildman–Crippen LogP) is 4.26. The molecule has 5 heteroatoms. The summed E-state index contributed by atoms with van der Waals surface area (Å²) in [6, 6.07) is 15.9. The van der Waals surface area contributed by atoms with Gasteiger partial charge in [0.2, 0.25) is 5.91 Å². The lowest BCUT2D eigenvalue weighted by Gasteiger charge is -2.25. The topological polar surface area (TPSA) is 38.8 Å². The summed E-state index contributed by atoms with van der Waals surface area (Å²) in [5.74, 6) is 1.83. The Morgan fingerprint density at radius 3 is 2.52 bits per heavy atom. The van der Waals surface area contributed by atoms with Crippen molar-refractivity contribution in [3.05, 3.63) is 59.7 Å². The molecule has 0 saturated carbocycles. The van der Waals surface area contributed by atoms with Gasteiger partial charge in [-0.3, -0.25) is 4.79 Å². The highest BCUT2D eigenvalue weighted by Crippen LogP contribution is 2.46. The molecule has 1 saturated heterocycles. The molecular weight excluding hydrogens is 334 g/mol. The summed E-state index contributed by atoms with van der Waals surface area (Å²) in [5, 5.41) is -0.0946. The van der Waals surface area contributed by atoms with Crippen molar-refractivity contribution in [2.45, 2.75) is 31.0 Å². The Hall–Kier alpha value is -2.14. The van der Waals surface area contributed by atoms with Crippen molar-refractivity contribution in [1.82, 2.24) is 4.90 Å². The fourth-order valence-corrected chi connectivity index (χ4v) is 4.31. The van der Waals surface area contributed by atoms with E-state index in [2.05, 4.69) is 0 Å². The minimum atomic E-state index is -0.0578. The molecule has 1 amide bonds. The molecule has 2 aromatic carbocycles. The lowest BCUT2D eigenvalue weighted by molar-refractivity contribution is -0.130. The fourth-order valence-electron chi connectivity index (χ4n) is 3.00. The van der Waals surface area contributed by atoms with Crippen LogP contribution in [-0.4, -0.2) is 29.8 Å². The maximum atomic E-state index is 12.7. The average Bonchev–Trinajstić information content (AvgIpc) is 2.92. The average molecular weight is 357 g/mol. The first-order valence-electron chi connectivity index (χ1n) is 8.44. The van der Waals surface area contributed by atoms with Crippen LogP contribution >= 0.6 is 11.8 Å². The molecule has 0 spiro atoms. The molecule has 1 aliphatic heterocycles. The van der Waals surface area contributed by atoms with Crippen LogP contribution in [0.5, 0.6) is 11.5 Å². The van der Waals surface area contributed by atoms with Crippen molar-refractivity contribution in [3.8, 4) is 11.5 Å². The molecule has 2 atom stereocenters. The van der Waals surface area contributed by atoms with E-state index < -0.39 is 0 Å². The van der Waals surface area contributed by atoms with Crippen LogP contribution in [0, 0.1) is 0 Å². The van der Waals surface area contributed by atoms with Gasteiger partial charge in [0.15, 0.2) is 0 Å². The van der Waals surface area contributed by atoms with E-state index in [0.29, 0.717) is 13.2 Å². The molecule has 2 unspecified atom stereocenters. The number of nitrogens with zero attached hydrogens (tertiary/aromatic N) is 1. The molecule has 1 fully saturated rings. The summed E-state index contributed by atoms with van der Waals surface area (Å²) in [5.41, 5.74) is 2.13. The quantitative estimate of drug-likeness (QED) is 0.774. The predicted molar refractivity (Wildman–Crippen MR) is 101 cm³/mol. The molecule has 1 heterocycles. The zero-order valence-electron chi connectivity index (χ0n) is 14.8. The Bertz CT molecular complexity index is 732. The summed E-state index contributed by atoms with van der Waals surface area (Å²) >= 11 is 1.67. The number of thioether (sulfide) groups is 1. The maximum Gasteiger partial charge on any atom is 0.236 e. The molecule has 0 aliphatic carbocycles. The summed E-state index contributed by atoms with van der Waals surface area (Å²) in [6.07, 6.45) is 0. The number of ether oxygens (including phenoxy) is 2.